The Morgan fingerprint density at radius 3 is 2.40 bits per heavy atom. The minimum absolute atomic E-state index is 0.642. The van der Waals surface area contributed by atoms with Gasteiger partial charge in [-0.15, -0.1) is 0 Å². The third-order valence-electron chi connectivity index (χ3n) is 3.56. The minimum Gasteiger partial charge on any atom is -0.384 e. The van der Waals surface area contributed by atoms with Crippen molar-refractivity contribution in [3.63, 3.8) is 0 Å². The molecule has 20 heavy (non-hydrogen) atoms. The molecular weight excluding hydrogens is 268 g/mol. The highest BCUT2D eigenvalue weighted by Crippen LogP contribution is 2.32. The lowest BCUT2D eigenvalue weighted by molar-refractivity contribution is 0.222. The van der Waals surface area contributed by atoms with E-state index in [1.54, 1.807) is 0 Å². The van der Waals surface area contributed by atoms with Crippen LogP contribution in [-0.2, 0) is 0 Å². The van der Waals surface area contributed by atoms with Crippen LogP contribution in [0.3, 0.4) is 0 Å². The average molecular weight is 283 g/mol. The molecule has 100 valence electrons. The molecule has 0 saturated carbocycles. The van der Waals surface area contributed by atoms with E-state index in [4.69, 9.17) is 11.6 Å². The number of halogens is 1. The lowest BCUT2D eigenvalue weighted by atomic mass is 9.95. The van der Waals surface area contributed by atoms with Gasteiger partial charge in [0.25, 0.3) is 0 Å². The van der Waals surface area contributed by atoms with Crippen molar-refractivity contribution in [3.8, 4) is 0 Å². The molecule has 0 saturated heterocycles. The van der Waals surface area contributed by atoms with Crippen LogP contribution in [0.2, 0.25) is 5.02 Å². The molecule has 0 bridgehead atoms. The zero-order chi connectivity index (χ0) is 14.1. The summed E-state index contributed by atoms with van der Waals surface area (Å²) < 4.78 is 0. The quantitative estimate of drug-likeness (QED) is 0.710. The Morgan fingerprint density at radius 2 is 1.65 bits per heavy atom. The topological polar surface area (TPSA) is 20.2 Å². The fraction of sp³-hybridized carbons (Fsp3) is 0.111. The van der Waals surface area contributed by atoms with Gasteiger partial charge in [0, 0.05) is 10.4 Å². The van der Waals surface area contributed by atoms with Crippen molar-refractivity contribution in [1.82, 2.24) is 0 Å². The molecule has 2 heteroatoms. The first-order valence-electron chi connectivity index (χ1n) is 6.58. The van der Waals surface area contributed by atoms with Crippen LogP contribution in [0.1, 0.15) is 22.8 Å². The van der Waals surface area contributed by atoms with Crippen LogP contribution in [0, 0.1) is 6.92 Å². The second-order valence-electron chi connectivity index (χ2n) is 5.00. The number of rotatable bonds is 2. The first-order chi connectivity index (χ1) is 9.66. The molecule has 0 amide bonds. The van der Waals surface area contributed by atoms with Crippen molar-refractivity contribution >= 4 is 22.4 Å². The molecule has 0 aromatic heterocycles. The lowest BCUT2D eigenvalue weighted by Crippen LogP contribution is -2.01. The number of aryl methyl sites for hydroxylation is 1. The number of fused-ring (bicyclic) bond motifs is 1. The van der Waals surface area contributed by atoms with Gasteiger partial charge in [-0.1, -0.05) is 71.8 Å². The van der Waals surface area contributed by atoms with E-state index in [0.717, 1.165) is 27.5 Å². The highest BCUT2D eigenvalue weighted by molar-refractivity contribution is 6.35. The van der Waals surface area contributed by atoms with Crippen LogP contribution in [0.5, 0.6) is 0 Å². The Hall–Kier alpha value is -1.83. The summed E-state index contributed by atoms with van der Waals surface area (Å²) in [5.74, 6) is 0. The van der Waals surface area contributed by atoms with E-state index in [-0.39, 0.29) is 0 Å². The summed E-state index contributed by atoms with van der Waals surface area (Å²) in [5.41, 5.74) is 2.92. The third kappa shape index (κ3) is 2.31. The molecule has 0 radical (unpaired) electrons. The summed E-state index contributed by atoms with van der Waals surface area (Å²) in [6.07, 6.45) is -0.642. The second kappa shape index (κ2) is 5.28. The van der Waals surface area contributed by atoms with Gasteiger partial charge < -0.3 is 5.11 Å². The van der Waals surface area contributed by atoms with Crippen LogP contribution in [0.25, 0.3) is 10.8 Å². The second-order valence-corrected chi connectivity index (χ2v) is 5.41. The van der Waals surface area contributed by atoms with Crippen molar-refractivity contribution < 1.29 is 5.11 Å². The van der Waals surface area contributed by atoms with Crippen molar-refractivity contribution in [3.05, 3.63) is 82.4 Å². The molecule has 3 aromatic rings. The fourth-order valence-electron chi connectivity index (χ4n) is 2.54. The van der Waals surface area contributed by atoms with E-state index in [9.17, 15) is 5.11 Å². The Bertz CT molecular complexity index is 764. The lowest BCUT2D eigenvalue weighted by Gasteiger charge is -2.15. The third-order valence-corrected chi connectivity index (χ3v) is 3.89. The van der Waals surface area contributed by atoms with Crippen molar-refractivity contribution in [1.29, 1.82) is 0 Å². The molecule has 0 aliphatic carbocycles. The number of aliphatic hydroxyl groups is 1. The Morgan fingerprint density at radius 1 is 0.900 bits per heavy atom. The van der Waals surface area contributed by atoms with E-state index in [2.05, 4.69) is 0 Å². The fourth-order valence-corrected chi connectivity index (χ4v) is 2.77. The molecular formula is C18H15ClO. The van der Waals surface area contributed by atoms with Gasteiger partial charge in [0.2, 0.25) is 0 Å². The molecule has 1 N–H and O–H groups in total. The van der Waals surface area contributed by atoms with Crippen molar-refractivity contribution in [2.45, 2.75) is 13.0 Å². The minimum atomic E-state index is -0.642. The first kappa shape index (κ1) is 13.2. The van der Waals surface area contributed by atoms with Gasteiger partial charge in [0.1, 0.15) is 6.10 Å². The molecule has 0 heterocycles. The van der Waals surface area contributed by atoms with Gasteiger partial charge in [0.15, 0.2) is 0 Å². The molecule has 1 unspecified atom stereocenters. The smallest absolute Gasteiger partial charge is 0.105 e. The highest BCUT2D eigenvalue weighted by Gasteiger charge is 2.14. The summed E-state index contributed by atoms with van der Waals surface area (Å²) in [6.45, 7) is 2.02. The van der Waals surface area contributed by atoms with Crippen molar-refractivity contribution in [2.75, 3.05) is 0 Å². The standard InChI is InChI=1S/C18H15ClO/c1-12-5-4-6-13(11-12)18(20)16-9-10-17(19)15-8-3-2-7-14(15)16/h2-11,18,20H,1H3. The maximum Gasteiger partial charge on any atom is 0.105 e. The molecule has 1 nitrogen and oxygen atoms in total. The number of hydrogen-bond donors (Lipinski definition) is 1. The van der Waals surface area contributed by atoms with Crippen LogP contribution in [-0.4, -0.2) is 5.11 Å². The SMILES string of the molecule is Cc1cccc(C(O)c2ccc(Cl)c3ccccc23)c1. The molecule has 0 spiro atoms. The van der Waals surface area contributed by atoms with Crippen LogP contribution in [0.15, 0.2) is 60.7 Å². The molecule has 0 fully saturated rings. The van der Waals surface area contributed by atoms with Gasteiger partial charge in [0.05, 0.1) is 0 Å². The number of benzene rings is 3. The van der Waals surface area contributed by atoms with E-state index < -0.39 is 6.10 Å². The first-order valence-corrected chi connectivity index (χ1v) is 6.96. The van der Waals surface area contributed by atoms with Gasteiger partial charge in [-0.2, -0.15) is 0 Å². The maximum atomic E-state index is 10.7. The summed E-state index contributed by atoms with van der Waals surface area (Å²) >= 11 is 6.22. The van der Waals surface area contributed by atoms with Crippen LogP contribution in [0.4, 0.5) is 0 Å². The van der Waals surface area contributed by atoms with E-state index in [0.29, 0.717) is 5.02 Å². The van der Waals surface area contributed by atoms with Gasteiger partial charge in [-0.05, 0) is 29.5 Å². The summed E-state index contributed by atoms with van der Waals surface area (Å²) in [5, 5.41) is 13.3. The molecule has 0 aliphatic heterocycles. The summed E-state index contributed by atoms with van der Waals surface area (Å²) in [4.78, 5) is 0. The molecule has 0 aliphatic rings. The maximum absolute atomic E-state index is 10.7. The van der Waals surface area contributed by atoms with Crippen LogP contribution >= 0.6 is 11.6 Å². The largest absolute Gasteiger partial charge is 0.384 e. The highest BCUT2D eigenvalue weighted by atomic mass is 35.5. The summed E-state index contributed by atoms with van der Waals surface area (Å²) in [6, 6.07) is 19.6. The van der Waals surface area contributed by atoms with Gasteiger partial charge in [-0.25, -0.2) is 0 Å². The molecule has 3 aromatic carbocycles. The summed E-state index contributed by atoms with van der Waals surface area (Å²) in [7, 11) is 0. The van der Waals surface area contributed by atoms with Gasteiger partial charge in [-0.3, -0.25) is 0 Å². The predicted molar refractivity (Wildman–Crippen MR) is 84.2 cm³/mol. The zero-order valence-electron chi connectivity index (χ0n) is 11.2. The Balaban J connectivity index is 2.17. The Labute approximate surface area is 123 Å². The average Bonchev–Trinajstić information content (AvgIpc) is 2.47. The van der Waals surface area contributed by atoms with Gasteiger partial charge >= 0.3 is 0 Å². The number of hydrogen-bond acceptors (Lipinski definition) is 1. The predicted octanol–water partition coefficient (Wildman–Crippen LogP) is 4.88. The molecule has 3 rings (SSSR count). The normalized spacial score (nSPS) is 12.6. The Kier molecular flexibility index (Phi) is 3.47. The van der Waals surface area contributed by atoms with Crippen LogP contribution < -0.4 is 0 Å². The number of aliphatic hydroxyl groups excluding tert-OH is 1. The van der Waals surface area contributed by atoms with Crippen molar-refractivity contribution in [2.24, 2.45) is 0 Å². The van der Waals surface area contributed by atoms with E-state index >= 15 is 0 Å². The molecule has 1 atom stereocenters. The van der Waals surface area contributed by atoms with E-state index in [1.807, 2.05) is 67.6 Å². The van der Waals surface area contributed by atoms with E-state index in [1.165, 1.54) is 0 Å². The zero-order valence-corrected chi connectivity index (χ0v) is 11.9. The monoisotopic (exact) mass is 282 g/mol.